The molecule has 1 amide bonds. The largest absolute Gasteiger partial charge is 0.477 e. The Balaban J connectivity index is 1.17. The zero-order valence-electron chi connectivity index (χ0n) is 22.8. The van der Waals surface area contributed by atoms with E-state index in [1.54, 1.807) is 11.0 Å². The lowest BCUT2D eigenvalue weighted by Crippen LogP contribution is -2.39. The molecule has 5 rings (SSSR count). The van der Waals surface area contributed by atoms with E-state index in [2.05, 4.69) is 4.98 Å². The molecule has 2 N–H and O–H groups in total. The molecule has 10 nitrogen and oxygen atoms in total. The van der Waals surface area contributed by atoms with Crippen molar-refractivity contribution in [3.8, 4) is 5.88 Å². The SMILES string of the molecule is NS(=O)(=O)c1ccc(S(=O)(=O)CCC2CCN(C(=O)c3cc(OCC4CCOCC4)nc(C4CC4)c3)CC2)c(F)c1. The molecule has 2 saturated heterocycles. The second-order valence-corrected chi connectivity index (χ2v) is 14.9. The van der Waals surface area contributed by atoms with Gasteiger partial charge in [0.2, 0.25) is 15.9 Å². The second-order valence-electron chi connectivity index (χ2n) is 11.2. The van der Waals surface area contributed by atoms with Gasteiger partial charge in [-0.1, -0.05) is 0 Å². The number of carbonyl (C=O) groups excluding carboxylic acids is 1. The van der Waals surface area contributed by atoms with Crippen LogP contribution in [-0.2, 0) is 24.6 Å². The van der Waals surface area contributed by atoms with Crippen LogP contribution in [0.15, 0.2) is 40.1 Å². The van der Waals surface area contributed by atoms with Gasteiger partial charge >= 0.3 is 0 Å². The van der Waals surface area contributed by atoms with Gasteiger partial charge in [-0.15, -0.1) is 0 Å². The van der Waals surface area contributed by atoms with Crippen LogP contribution >= 0.6 is 0 Å². The summed E-state index contributed by atoms with van der Waals surface area (Å²) in [5.41, 5.74) is 1.45. The molecular weight excluding hydrogens is 573 g/mol. The number of rotatable bonds is 10. The molecule has 1 aromatic carbocycles. The average molecular weight is 610 g/mol. The minimum atomic E-state index is -4.15. The standard InChI is InChI=1S/C28H36FN3O7S2/c29-24-17-23(41(30,36)37)3-4-26(24)40(34,35)14-9-19-5-10-32(11-6-19)28(33)22-15-25(21-1-2-21)31-27(16-22)39-18-20-7-12-38-13-8-20/h3-4,15-17,19-21H,1-2,5-14,18H2,(H2,30,36,37). The van der Waals surface area contributed by atoms with Crippen molar-refractivity contribution in [2.75, 3.05) is 38.7 Å². The van der Waals surface area contributed by atoms with Gasteiger partial charge in [-0.2, -0.15) is 0 Å². The Morgan fingerprint density at radius 3 is 2.34 bits per heavy atom. The van der Waals surface area contributed by atoms with Crippen LogP contribution < -0.4 is 9.88 Å². The molecule has 0 bridgehead atoms. The van der Waals surface area contributed by atoms with E-state index in [0.29, 0.717) is 68.3 Å². The third-order valence-electron chi connectivity index (χ3n) is 8.14. The van der Waals surface area contributed by atoms with Crippen LogP contribution in [0.3, 0.4) is 0 Å². The Labute approximate surface area is 240 Å². The molecule has 2 aliphatic heterocycles. The molecule has 3 fully saturated rings. The number of nitrogens with two attached hydrogens (primary N) is 1. The summed E-state index contributed by atoms with van der Waals surface area (Å²) in [6, 6.07) is 6.15. The highest BCUT2D eigenvalue weighted by atomic mass is 32.2. The van der Waals surface area contributed by atoms with Crippen molar-refractivity contribution in [2.45, 2.75) is 60.7 Å². The number of ether oxygens (including phenoxy) is 2. The third kappa shape index (κ3) is 7.62. The fourth-order valence-electron chi connectivity index (χ4n) is 5.38. The first-order chi connectivity index (χ1) is 19.5. The van der Waals surface area contributed by atoms with Gasteiger partial charge in [-0.25, -0.2) is 31.3 Å². The van der Waals surface area contributed by atoms with Crippen molar-refractivity contribution in [2.24, 2.45) is 17.0 Å². The lowest BCUT2D eigenvalue weighted by molar-refractivity contribution is 0.0489. The number of hydrogen-bond donors (Lipinski definition) is 1. The lowest BCUT2D eigenvalue weighted by Gasteiger charge is -2.32. The van der Waals surface area contributed by atoms with Crippen molar-refractivity contribution >= 4 is 25.8 Å². The van der Waals surface area contributed by atoms with Gasteiger partial charge < -0.3 is 14.4 Å². The van der Waals surface area contributed by atoms with E-state index in [0.717, 1.165) is 56.7 Å². The van der Waals surface area contributed by atoms with Crippen molar-refractivity contribution in [3.05, 3.63) is 47.4 Å². The maximum Gasteiger partial charge on any atom is 0.254 e. The van der Waals surface area contributed by atoms with E-state index < -0.39 is 35.5 Å². The van der Waals surface area contributed by atoms with E-state index >= 15 is 0 Å². The molecule has 0 spiro atoms. The molecule has 1 saturated carbocycles. The predicted octanol–water partition coefficient (Wildman–Crippen LogP) is 3.27. The number of primary sulfonamides is 1. The summed E-state index contributed by atoms with van der Waals surface area (Å²) >= 11 is 0. The first-order valence-electron chi connectivity index (χ1n) is 14.1. The first-order valence-corrected chi connectivity index (χ1v) is 17.3. The number of halogens is 1. The third-order valence-corrected chi connectivity index (χ3v) is 10.8. The van der Waals surface area contributed by atoms with Gasteiger partial charge in [-0.05, 0) is 81.0 Å². The van der Waals surface area contributed by atoms with E-state index in [1.807, 2.05) is 6.07 Å². The number of hydrogen-bond acceptors (Lipinski definition) is 8. The Bertz CT molecular complexity index is 1480. The fraction of sp³-hybridized carbons (Fsp3) is 0.571. The quantitative estimate of drug-likeness (QED) is 0.432. The molecule has 3 heterocycles. The van der Waals surface area contributed by atoms with Gasteiger partial charge in [0.1, 0.15) is 10.7 Å². The molecule has 0 radical (unpaired) electrons. The molecule has 0 atom stereocenters. The molecule has 3 aliphatic rings. The molecule has 224 valence electrons. The zero-order valence-corrected chi connectivity index (χ0v) is 24.5. The lowest BCUT2D eigenvalue weighted by atomic mass is 9.94. The number of benzene rings is 1. The Hall–Kier alpha value is -2.61. The van der Waals surface area contributed by atoms with Crippen molar-refractivity contribution < 1.29 is 35.5 Å². The summed E-state index contributed by atoms with van der Waals surface area (Å²) in [6.07, 6.45) is 5.57. The van der Waals surface area contributed by atoms with E-state index in [4.69, 9.17) is 14.6 Å². The molecule has 41 heavy (non-hydrogen) atoms. The van der Waals surface area contributed by atoms with E-state index in [9.17, 15) is 26.0 Å². The molecule has 13 heteroatoms. The van der Waals surface area contributed by atoms with Gasteiger partial charge in [0, 0.05) is 49.5 Å². The molecule has 0 unspecified atom stereocenters. The minimum Gasteiger partial charge on any atom is -0.477 e. The summed E-state index contributed by atoms with van der Waals surface area (Å²) in [5.74, 6) is -0.201. The van der Waals surface area contributed by atoms with Gasteiger partial charge in [-0.3, -0.25) is 4.79 Å². The average Bonchev–Trinajstić information content (AvgIpc) is 3.81. The Morgan fingerprint density at radius 1 is 1.00 bits per heavy atom. The summed E-state index contributed by atoms with van der Waals surface area (Å²) in [7, 11) is -8.12. The number of sulfone groups is 1. The number of piperidine rings is 1. The first kappa shape index (κ1) is 29.9. The number of aromatic nitrogens is 1. The van der Waals surface area contributed by atoms with Crippen LogP contribution in [0.25, 0.3) is 0 Å². The van der Waals surface area contributed by atoms with Crippen molar-refractivity contribution in [3.63, 3.8) is 0 Å². The summed E-state index contributed by atoms with van der Waals surface area (Å²) in [4.78, 5) is 18.9. The fourth-order valence-corrected chi connectivity index (χ4v) is 7.40. The second kappa shape index (κ2) is 12.3. The van der Waals surface area contributed by atoms with Crippen molar-refractivity contribution in [1.82, 2.24) is 9.88 Å². The number of pyridine rings is 1. The summed E-state index contributed by atoms with van der Waals surface area (Å²) < 4.78 is 74.3. The maximum atomic E-state index is 14.4. The van der Waals surface area contributed by atoms with Gasteiger partial charge in [0.25, 0.3) is 5.91 Å². The van der Waals surface area contributed by atoms with Crippen LogP contribution in [0.5, 0.6) is 5.88 Å². The highest BCUT2D eigenvalue weighted by Crippen LogP contribution is 2.40. The smallest absolute Gasteiger partial charge is 0.254 e. The van der Waals surface area contributed by atoms with Crippen LogP contribution in [0.4, 0.5) is 4.39 Å². The molecule has 2 aromatic rings. The number of carbonyl (C=O) groups is 1. The minimum absolute atomic E-state index is 0.0541. The molecule has 1 aromatic heterocycles. The number of nitrogens with zero attached hydrogens (tertiary/aromatic N) is 2. The molecular formula is C28H36FN3O7S2. The van der Waals surface area contributed by atoms with Crippen LogP contribution in [0.2, 0.25) is 0 Å². The Morgan fingerprint density at radius 2 is 1.71 bits per heavy atom. The van der Waals surface area contributed by atoms with Crippen LogP contribution in [0, 0.1) is 17.7 Å². The maximum absolute atomic E-state index is 14.4. The number of likely N-dealkylation sites (tertiary alicyclic amines) is 1. The topological polar surface area (TPSA) is 146 Å². The summed E-state index contributed by atoms with van der Waals surface area (Å²) in [6.45, 7) is 2.99. The van der Waals surface area contributed by atoms with Crippen LogP contribution in [0.1, 0.15) is 66.9 Å². The monoisotopic (exact) mass is 609 g/mol. The van der Waals surface area contributed by atoms with Gasteiger partial charge in [0.05, 0.1) is 17.3 Å². The van der Waals surface area contributed by atoms with Crippen molar-refractivity contribution in [1.29, 1.82) is 0 Å². The predicted molar refractivity (Wildman–Crippen MR) is 148 cm³/mol. The number of amides is 1. The van der Waals surface area contributed by atoms with Gasteiger partial charge in [0.15, 0.2) is 9.84 Å². The highest BCUT2D eigenvalue weighted by Gasteiger charge is 2.30. The van der Waals surface area contributed by atoms with Crippen LogP contribution in [-0.4, -0.2) is 71.3 Å². The number of sulfonamides is 1. The highest BCUT2D eigenvalue weighted by molar-refractivity contribution is 7.91. The summed E-state index contributed by atoms with van der Waals surface area (Å²) in [5, 5.41) is 5.00. The Kier molecular flexibility index (Phi) is 8.98. The zero-order chi connectivity index (χ0) is 29.2. The normalized spacial score (nSPS) is 19.3. The van der Waals surface area contributed by atoms with E-state index in [1.165, 1.54) is 0 Å². The molecule has 1 aliphatic carbocycles. The van der Waals surface area contributed by atoms with E-state index in [-0.39, 0.29) is 17.6 Å².